The predicted molar refractivity (Wildman–Crippen MR) is 123 cm³/mol. The van der Waals surface area contributed by atoms with Gasteiger partial charge in [0, 0.05) is 39.3 Å². The van der Waals surface area contributed by atoms with E-state index in [0.717, 1.165) is 51.5 Å². The van der Waals surface area contributed by atoms with E-state index in [-0.39, 0.29) is 36.0 Å². The van der Waals surface area contributed by atoms with Crippen molar-refractivity contribution >= 4 is 35.8 Å². The summed E-state index contributed by atoms with van der Waals surface area (Å²) in [5.74, 6) is 1.09. The summed E-state index contributed by atoms with van der Waals surface area (Å²) in [7, 11) is 0. The molecule has 1 atom stereocenters. The van der Waals surface area contributed by atoms with Crippen LogP contribution in [0.5, 0.6) is 0 Å². The average molecular weight is 500 g/mol. The Balaban J connectivity index is 0.00000280. The van der Waals surface area contributed by atoms with Gasteiger partial charge in [0.25, 0.3) is 5.91 Å². The molecular formula is C21H33IN4O2. The van der Waals surface area contributed by atoms with E-state index < -0.39 is 0 Å². The number of piperazine rings is 1. The van der Waals surface area contributed by atoms with E-state index in [1.54, 1.807) is 0 Å². The lowest BCUT2D eigenvalue weighted by Gasteiger charge is -2.37. The van der Waals surface area contributed by atoms with Crippen molar-refractivity contribution in [3.05, 3.63) is 34.9 Å². The zero-order valence-electron chi connectivity index (χ0n) is 17.2. The highest BCUT2D eigenvalue weighted by Crippen LogP contribution is 2.16. The molecule has 1 aromatic rings. The number of nitrogens with one attached hydrogen (secondary N) is 1. The van der Waals surface area contributed by atoms with Crippen LogP contribution in [0.2, 0.25) is 0 Å². The number of halogens is 1. The van der Waals surface area contributed by atoms with Gasteiger partial charge in [-0.3, -0.25) is 4.79 Å². The number of carbonyl (C=O) groups is 1. The Morgan fingerprint density at radius 1 is 1.21 bits per heavy atom. The number of nitrogens with zero attached hydrogens (tertiary/aromatic N) is 3. The molecule has 6 nitrogen and oxygen atoms in total. The third-order valence-corrected chi connectivity index (χ3v) is 5.33. The Morgan fingerprint density at radius 2 is 1.93 bits per heavy atom. The summed E-state index contributed by atoms with van der Waals surface area (Å²) in [5, 5.41) is 3.40. The maximum atomic E-state index is 12.5. The third kappa shape index (κ3) is 5.83. The maximum absolute atomic E-state index is 12.5. The quantitative estimate of drug-likeness (QED) is 0.393. The molecule has 1 unspecified atom stereocenters. The topological polar surface area (TPSA) is 57.2 Å². The van der Waals surface area contributed by atoms with Crippen LogP contribution in [-0.2, 0) is 16.1 Å². The van der Waals surface area contributed by atoms with Crippen LogP contribution in [0.25, 0.3) is 0 Å². The van der Waals surface area contributed by atoms with Crippen LogP contribution in [0, 0.1) is 13.8 Å². The van der Waals surface area contributed by atoms with Crippen molar-refractivity contribution in [2.24, 2.45) is 4.99 Å². The smallest absolute Gasteiger partial charge is 0.251 e. The molecule has 2 aliphatic heterocycles. The highest BCUT2D eigenvalue weighted by molar-refractivity contribution is 14.0. The number of hydrogen-bond donors (Lipinski definition) is 1. The first-order chi connectivity index (χ1) is 13.1. The van der Waals surface area contributed by atoms with Crippen molar-refractivity contribution < 1.29 is 9.53 Å². The molecule has 7 heteroatoms. The fourth-order valence-corrected chi connectivity index (χ4v) is 3.72. The van der Waals surface area contributed by atoms with Crippen molar-refractivity contribution in [3.63, 3.8) is 0 Å². The number of hydrogen-bond acceptors (Lipinski definition) is 3. The molecule has 0 radical (unpaired) electrons. The highest BCUT2D eigenvalue weighted by atomic mass is 127. The first-order valence-corrected chi connectivity index (χ1v) is 10.1. The molecule has 0 saturated carbocycles. The van der Waals surface area contributed by atoms with Crippen LogP contribution in [-0.4, -0.2) is 67.1 Å². The van der Waals surface area contributed by atoms with Crippen molar-refractivity contribution in [3.8, 4) is 0 Å². The second-order valence-corrected chi connectivity index (χ2v) is 7.41. The Hall–Kier alpha value is -1.35. The lowest BCUT2D eigenvalue weighted by atomic mass is 10.1. The first-order valence-electron chi connectivity index (χ1n) is 10.1. The SMILES string of the molecule is CCNC(=NCc1ccc(C)cc1C)N1CCN(C(=O)C2CCCO2)CC1.I. The van der Waals surface area contributed by atoms with Gasteiger partial charge in [-0.15, -0.1) is 24.0 Å². The van der Waals surface area contributed by atoms with Crippen LogP contribution < -0.4 is 5.32 Å². The maximum Gasteiger partial charge on any atom is 0.251 e. The number of benzene rings is 1. The summed E-state index contributed by atoms with van der Waals surface area (Å²) in [5.41, 5.74) is 3.81. The van der Waals surface area contributed by atoms with Gasteiger partial charge in [-0.25, -0.2) is 4.99 Å². The van der Waals surface area contributed by atoms with Crippen LogP contribution in [0.15, 0.2) is 23.2 Å². The van der Waals surface area contributed by atoms with Crippen LogP contribution in [0.4, 0.5) is 0 Å². The summed E-state index contributed by atoms with van der Waals surface area (Å²) in [6.07, 6.45) is 1.63. The second-order valence-electron chi connectivity index (χ2n) is 7.41. The van der Waals surface area contributed by atoms with Gasteiger partial charge in [-0.1, -0.05) is 23.8 Å². The van der Waals surface area contributed by atoms with E-state index in [4.69, 9.17) is 9.73 Å². The Labute approximate surface area is 185 Å². The number of amides is 1. The van der Waals surface area contributed by atoms with E-state index in [2.05, 4.69) is 49.2 Å². The molecule has 1 N–H and O–H groups in total. The summed E-state index contributed by atoms with van der Waals surface area (Å²) in [6, 6.07) is 6.50. The molecule has 156 valence electrons. The van der Waals surface area contributed by atoms with Crippen molar-refractivity contribution in [1.29, 1.82) is 0 Å². The van der Waals surface area contributed by atoms with E-state index >= 15 is 0 Å². The van der Waals surface area contributed by atoms with Crippen LogP contribution in [0.3, 0.4) is 0 Å². The molecule has 2 heterocycles. The monoisotopic (exact) mass is 500 g/mol. The van der Waals surface area contributed by atoms with Gasteiger partial charge in [0.15, 0.2) is 5.96 Å². The Kier molecular flexibility index (Phi) is 9.01. The van der Waals surface area contributed by atoms with Gasteiger partial charge < -0.3 is 19.9 Å². The third-order valence-electron chi connectivity index (χ3n) is 5.33. The van der Waals surface area contributed by atoms with Gasteiger partial charge >= 0.3 is 0 Å². The molecule has 0 aromatic heterocycles. The zero-order chi connectivity index (χ0) is 19.2. The summed E-state index contributed by atoms with van der Waals surface area (Å²) in [6.45, 7) is 11.6. The van der Waals surface area contributed by atoms with E-state index in [1.807, 2.05) is 4.90 Å². The first kappa shape index (κ1) is 22.9. The number of aliphatic imine (C=N–C) groups is 1. The number of aryl methyl sites for hydroxylation is 2. The summed E-state index contributed by atoms with van der Waals surface area (Å²) in [4.78, 5) is 21.6. The Bertz CT molecular complexity index is 681. The number of carbonyl (C=O) groups excluding carboxylic acids is 1. The zero-order valence-corrected chi connectivity index (χ0v) is 19.6. The number of rotatable bonds is 4. The van der Waals surface area contributed by atoms with Crippen LogP contribution in [0.1, 0.15) is 36.5 Å². The summed E-state index contributed by atoms with van der Waals surface area (Å²) >= 11 is 0. The van der Waals surface area contributed by atoms with Gasteiger partial charge in [-0.2, -0.15) is 0 Å². The predicted octanol–water partition coefficient (Wildman–Crippen LogP) is 2.71. The van der Waals surface area contributed by atoms with Gasteiger partial charge in [0.1, 0.15) is 6.10 Å². The molecule has 28 heavy (non-hydrogen) atoms. The van der Waals surface area contributed by atoms with Gasteiger partial charge in [0.2, 0.25) is 0 Å². The van der Waals surface area contributed by atoms with Crippen molar-refractivity contribution in [1.82, 2.24) is 15.1 Å². The minimum Gasteiger partial charge on any atom is -0.368 e. The van der Waals surface area contributed by atoms with Crippen LogP contribution >= 0.6 is 24.0 Å². The fourth-order valence-electron chi connectivity index (χ4n) is 3.72. The van der Waals surface area contributed by atoms with Crippen molar-refractivity contribution in [2.45, 2.75) is 46.3 Å². The minimum atomic E-state index is -0.219. The molecule has 3 rings (SSSR count). The van der Waals surface area contributed by atoms with Gasteiger partial charge in [-0.05, 0) is 44.7 Å². The number of guanidine groups is 1. The molecule has 2 aliphatic rings. The fraction of sp³-hybridized carbons (Fsp3) is 0.619. The minimum absolute atomic E-state index is 0. The van der Waals surface area contributed by atoms with E-state index in [1.165, 1.54) is 16.7 Å². The standard InChI is InChI=1S/C21H32N4O2.HI/c1-4-22-21(23-15-18-8-7-16(2)14-17(18)3)25-11-9-24(10-12-25)20(26)19-6-5-13-27-19;/h7-8,14,19H,4-6,9-13,15H2,1-3H3,(H,22,23);1H. The molecule has 1 aromatic carbocycles. The lowest BCUT2D eigenvalue weighted by molar-refractivity contribution is -0.142. The average Bonchev–Trinajstić information content (AvgIpc) is 3.21. The summed E-state index contributed by atoms with van der Waals surface area (Å²) < 4.78 is 5.55. The van der Waals surface area contributed by atoms with Gasteiger partial charge in [0.05, 0.1) is 6.54 Å². The normalized spacial score (nSPS) is 20.1. The van der Waals surface area contributed by atoms with E-state index in [0.29, 0.717) is 13.2 Å². The Morgan fingerprint density at radius 3 is 2.54 bits per heavy atom. The largest absolute Gasteiger partial charge is 0.368 e. The van der Waals surface area contributed by atoms with Crippen molar-refractivity contribution in [2.75, 3.05) is 39.3 Å². The number of ether oxygens (including phenoxy) is 1. The molecule has 2 saturated heterocycles. The molecule has 1 amide bonds. The highest BCUT2D eigenvalue weighted by Gasteiger charge is 2.30. The van der Waals surface area contributed by atoms with E-state index in [9.17, 15) is 4.79 Å². The molecule has 2 fully saturated rings. The molecule has 0 aliphatic carbocycles. The lowest BCUT2D eigenvalue weighted by Crippen LogP contribution is -2.55. The molecular weight excluding hydrogens is 467 g/mol. The molecule has 0 spiro atoms. The second kappa shape index (κ2) is 11.0. The molecule has 0 bridgehead atoms.